The Morgan fingerprint density at radius 1 is 1.20 bits per heavy atom. The molecule has 0 fully saturated rings. The molecule has 136 valence electrons. The number of aliphatic imine (C=N–C) groups is 1. The Kier molecular flexibility index (Phi) is 8.55. The summed E-state index contributed by atoms with van der Waals surface area (Å²) in [5.41, 5.74) is 1.09. The summed E-state index contributed by atoms with van der Waals surface area (Å²) in [7, 11) is 0. The molecule has 0 aliphatic heterocycles. The van der Waals surface area contributed by atoms with Crippen LogP contribution in [0, 0.1) is 5.82 Å². The van der Waals surface area contributed by atoms with E-state index in [0.717, 1.165) is 43.2 Å². The zero-order valence-corrected chi connectivity index (χ0v) is 14.6. The molecule has 5 nitrogen and oxygen atoms in total. The van der Waals surface area contributed by atoms with Crippen LogP contribution in [0.4, 0.5) is 4.39 Å². The molecular formula is C19H26FN3O2. The third kappa shape index (κ3) is 7.85. The van der Waals surface area contributed by atoms with Crippen LogP contribution in [0.3, 0.4) is 0 Å². The molecule has 0 amide bonds. The molecule has 2 aromatic rings. The van der Waals surface area contributed by atoms with Gasteiger partial charge in [-0.25, -0.2) is 4.39 Å². The number of hydrogen-bond donors (Lipinski definition) is 2. The number of guanidine groups is 1. The van der Waals surface area contributed by atoms with Gasteiger partial charge in [0.1, 0.15) is 18.2 Å². The van der Waals surface area contributed by atoms with E-state index in [4.69, 9.17) is 9.15 Å². The molecule has 0 saturated carbocycles. The number of rotatable bonds is 10. The number of benzene rings is 1. The van der Waals surface area contributed by atoms with Crippen LogP contribution in [0.5, 0.6) is 0 Å². The lowest BCUT2D eigenvalue weighted by Crippen LogP contribution is -2.38. The molecule has 0 spiro atoms. The van der Waals surface area contributed by atoms with Crippen molar-refractivity contribution in [2.75, 3.05) is 26.2 Å². The summed E-state index contributed by atoms with van der Waals surface area (Å²) in [6.07, 6.45) is 3.30. The molecule has 1 aromatic carbocycles. The van der Waals surface area contributed by atoms with E-state index in [-0.39, 0.29) is 5.82 Å². The second kappa shape index (κ2) is 11.3. The molecule has 0 saturated heterocycles. The lowest BCUT2D eigenvalue weighted by atomic mass is 10.1. The highest BCUT2D eigenvalue weighted by Gasteiger charge is 1.99. The fourth-order valence-electron chi connectivity index (χ4n) is 2.24. The van der Waals surface area contributed by atoms with Gasteiger partial charge in [-0.15, -0.1) is 0 Å². The fraction of sp³-hybridized carbons (Fsp3) is 0.421. The zero-order valence-electron chi connectivity index (χ0n) is 14.6. The van der Waals surface area contributed by atoms with Crippen LogP contribution in [0.1, 0.15) is 24.7 Å². The van der Waals surface area contributed by atoms with Gasteiger partial charge in [0.05, 0.1) is 6.26 Å². The number of nitrogens with one attached hydrogen (secondary N) is 2. The van der Waals surface area contributed by atoms with E-state index < -0.39 is 0 Å². The van der Waals surface area contributed by atoms with Crippen LogP contribution in [0.2, 0.25) is 0 Å². The van der Waals surface area contributed by atoms with Gasteiger partial charge in [-0.05, 0) is 49.6 Å². The molecule has 0 unspecified atom stereocenters. The summed E-state index contributed by atoms with van der Waals surface area (Å²) in [6.45, 7) is 5.39. The van der Waals surface area contributed by atoms with E-state index in [1.165, 1.54) is 12.1 Å². The molecular weight excluding hydrogens is 321 g/mol. The van der Waals surface area contributed by atoms with Crippen molar-refractivity contribution < 1.29 is 13.5 Å². The van der Waals surface area contributed by atoms with Crippen molar-refractivity contribution >= 4 is 5.96 Å². The van der Waals surface area contributed by atoms with Gasteiger partial charge in [-0.3, -0.25) is 4.99 Å². The highest BCUT2D eigenvalue weighted by atomic mass is 19.1. The summed E-state index contributed by atoms with van der Waals surface area (Å²) >= 11 is 0. The maximum absolute atomic E-state index is 12.9. The normalized spacial score (nSPS) is 11.5. The van der Waals surface area contributed by atoms with E-state index in [2.05, 4.69) is 15.6 Å². The van der Waals surface area contributed by atoms with Crippen LogP contribution >= 0.6 is 0 Å². The standard InChI is InChI=1S/C19H26FN3O2/c1-2-21-19(23-12-10-16-6-8-17(20)9-7-16)22-11-4-13-24-15-18-5-3-14-25-18/h3,5-9,14H,2,4,10-13,15H2,1H3,(H2,21,22,23). The van der Waals surface area contributed by atoms with Crippen LogP contribution < -0.4 is 10.6 Å². The molecule has 0 bridgehead atoms. The van der Waals surface area contributed by atoms with Crippen molar-refractivity contribution in [1.82, 2.24) is 10.6 Å². The van der Waals surface area contributed by atoms with Crippen LogP contribution in [-0.2, 0) is 17.8 Å². The second-order valence-electron chi connectivity index (χ2n) is 5.55. The monoisotopic (exact) mass is 347 g/mol. The van der Waals surface area contributed by atoms with E-state index in [1.807, 2.05) is 19.1 Å². The molecule has 1 heterocycles. The van der Waals surface area contributed by atoms with Crippen molar-refractivity contribution in [1.29, 1.82) is 0 Å². The summed E-state index contributed by atoms with van der Waals surface area (Å²) in [5, 5.41) is 6.50. The Bertz CT molecular complexity index is 612. The third-order valence-electron chi connectivity index (χ3n) is 3.50. The number of nitrogens with zero attached hydrogens (tertiary/aromatic N) is 1. The molecule has 1 aromatic heterocycles. The first-order chi connectivity index (χ1) is 12.3. The largest absolute Gasteiger partial charge is 0.467 e. The van der Waals surface area contributed by atoms with Crippen molar-refractivity contribution in [2.45, 2.75) is 26.4 Å². The predicted octanol–water partition coefficient (Wildman–Crippen LogP) is 3.12. The van der Waals surface area contributed by atoms with Gasteiger partial charge in [0.25, 0.3) is 0 Å². The quantitative estimate of drug-likeness (QED) is 0.394. The van der Waals surface area contributed by atoms with Gasteiger partial charge in [-0.1, -0.05) is 12.1 Å². The maximum Gasteiger partial charge on any atom is 0.191 e. The minimum Gasteiger partial charge on any atom is -0.467 e. The predicted molar refractivity (Wildman–Crippen MR) is 97.1 cm³/mol. The molecule has 2 rings (SSSR count). The lowest BCUT2D eigenvalue weighted by Gasteiger charge is -2.11. The second-order valence-corrected chi connectivity index (χ2v) is 5.55. The first-order valence-corrected chi connectivity index (χ1v) is 8.64. The Morgan fingerprint density at radius 3 is 2.76 bits per heavy atom. The van der Waals surface area contributed by atoms with Gasteiger partial charge < -0.3 is 19.8 Å². The number of halogens is 1. The molecule has 0 aliphatic rings. The van der Waals surface area contributed by atoms with E-state index >= 15 is 0 Å². The third-order valence-corrected chi connectivity index (χ3v) is 3.50. The molecule has 25 heavy (non-hydrogen) atoms. The number of hydrogen-bond acceptors (Lipinski definition) is 3. The van der Waals surface area contributed by atoms with Gasteiger partial charge >= 0.3 is 0 Å². The fourth-order valence-corrected chi connectivity index (χ4v) is 2.24. The Balaban J connectivity index is 1.62. The highest BCUT2D eigenvalue weighted by Crippen LogP contribution is 2.03. The van der Waals surface area contributed by atoms with Crippen molar-refractivity contribution in [3.05, 3.63) is 59.8 Å². The Hall–Kier alpha value is -2.34. The van der Waals surface area contributed by atoms with Gasteiger partial charge in [0.15, 0.2) is 5.96 Å². The summed E-state index contributed by atoms with van der Waals surface area (Å²) in [6, 6.07) is 10.3. The summed E-state index contributed by atoms with van der Waals surface area (Å²) in [4.78, 5) is 4.52. The van der Waals surface area contributed by atoms with Gasteiger partial charge in [0.2, 0.25) is 0 Å². The Morgan fingerprint density at radius 2 is 2.04 bits per heavy atom. The van der Waals surface area contributed by atoms with E-state index in [0.29, 0.717) is 19.8 Å². The van der Waals surface area contributed by atoms with E-state index in [1.54, 1.807) is 18.4 Å². The van der Waals surface area contributed by atoms with Crippen molar-refractivity contribution in [3.8, 4) is 0 Å². The average molecular weight is 347 g/mol. The number of furan rings is 1. The van der Waals surface area contributed by atoms with Gasteiger partial charge in [-0.2, -0.15) is 0 Å². The molecule has 0 aliphatic carbocycles. The van der Waals surface area contributed by atoms with Crippen LogP contribution in [0.25, 0.3) is 0 Å². The first-order valence-electron chi connectivity index (χ1n) is 8.64. The van der Waals surface area contributed by atoms with Crippen LogP contribution in [0.15, 0.2) is 52.1 Å². The average Bonchev–Trinajstić information content (AvgIpc) is 3.13. The summed E-state index contributed by atoms with van der Waals surface area (Å²) in [5.74, 6) is 1.41. The molecule has 2 N–H and O–H groups in total. The topological polar surface area (TPSA) is 58.8 Å². The maximum atomic E-state index is 12.9. The molecule has 0 atom stereocenters. The minimum atomic E-state index is -0.208. The highest BCUT2D eigenvalue weighted by molar-refractivity contribution is 5.79. The lowest BCUT2D eigenvalue weighted by molar-refractivity contribution is 0.105. The minimum absolute atomic E-state index is 0.208. The molecule has 0 radical (unpaired) electrons. The van der Waals surface area contributed by atoms with E-state index in [9.17, 15) is 4.39 Å². The van der Waals surface area contributed by atoms with Crippen molar-refractivity contribution in [3.63, 3.8) is 0 Å². The zero-order chi connectivity index (χ0) is 17.7. The number of ether oxygens (including phenoxy) is 1. The SMILES string of the molecule is CCNC(=NCCCOCc1ccco1)NCCc1ccc(F)cc1. The first kappa shape index (κ1) is 19.0. The van der Waals surface area contributed by atoms with Crippen molar-refractivity contribution in [2.24, 2.45) is 4.99 Å². The smallest absolute Gasteiger partial charge is 0.191 e. The van der Waals surface area contributed by atoms with Crippen LogP contribution in [-0.4, -0.2) is 32.2 Å². The summed E-state index contributed by atoms with van der Waals surface area (Å²) < 4.78 is 23.6. The molecule has 6 heteroatoms. The Labute approximate surface area is 148 Å². The van der Waals surface area contributed by atoms with Gasteiger partial charge in [0, 0.05) is 26.2 Å².